The van der Waals surface area contributed by atoms with Crippen molar-refractivity contribution in [3.63, 3.8) is 0 Å². The average Bonchev–Trinajstić information content (AvgIpc) is 2.42. The van der Waals surface area contributed by atoms with Gasteiger partial charge < -0.3 is 9.47 Å². The number of nitrogens with one attached hydrogen (secondary N) is 1. The summed E-state index contributed by atoms with van der Waals surface area (Å²) in [5, 5.41) is 0. The van der Waals surface area contributed by atoms with Gasteiger partial charge >= 0.3 is 0 Å². The Balaban J connectivity index is 2.89. The Kier molecular flexibility index (Phi) is 6.49. The first-order chi connectivity index (χ1) is 9.78. The van der Waals surface area contributed by atoms with E-state index in [-0.39, 0.29) is 6.04 Å². The second-order valence-electron chi connectivity index (χ2n) is 6.97. The molecule has 0 spiro atoms. The lowest BCUT2D eigenvalue weighted by Crippen LogP contribution is -2.30. The maximum Gasteiger partial charge on any atom is 0.122 e. The molecule has 1 rings (SSSR count). The van der Waals surface area contributed by atoms with E-state index in [4.69, 9.17) is 15.3 Å². The Morgan fingerprint density at radius 3 is 2.00 bits per heavy atom. The predicted octanol–water partition coefficient (Wildman–Crippen LogP) is 3.67. The zero-order chi connectivity index (χ0) is 16.0. The minimum atomic E-state index is 0.0892. The van der Waals surface area contributed by atoms with Crippen LogP contribution in [0.2, 0.25) is 0 Å². The largest absolute Gasteiger partial charge is 0.497 e. The van der Waals surface area contributed by atoms with Gasteiger partial charge in [-0.2, -0.15) is 0 Å². The van der Waals surface area contributed by atoms with Crippen LogP contribution >= 0.6 is 0 Å². The van der Waals surface area contributed by atoms with E-state index < -0.39 is 0 Å². The van der Waals surface area contributed by atoms with Crippen molar-refractivity contribution < 1.29 is 9.47 Å². The Morgan fingerprint density at radius 2 is 1.62 bits per heavy atom. The van der Waals surface area contributed by atoms with Gasteiger partial charge in [-0.3, -0.25) is 11.3 Å². The molecular formula is C17H30N2O2. The minimum absolute atomic E-state index is 0.0892. The van der Waals surface area contributed by atoms with Crippen LogP contribution in [0.5, 0.6) is 11.5 Å². The molecule has 0 bridgehead atoms. The van der Waals surface area contributed by atoms with E-state index in [9.17, 15) is 0 Å². The Bertz CT molecular complexity index is 419. The van der Waals surface area contributed by atoms with Gasteiger partial charge in [0.1, 0.15) is 11.5 Å². The van der Waals surface area contributed by atoms with Gasteiger partial charge in [0.15, 0.2) is 0 Å². The molecule has 4 heteroatoms. The van der Waals surface area contributed by atoms with Crippen LogP contribution in [0.4, 0.5) is 0 Å². The quantitative estimate of drug-likeness (QED) is 0.595. The minimum Gasteiger partial charge on any atom is -0.497 e. The van der Waals surface area contributed by atoms with Gasteiger partial charge in [-0.05, 0) is 41.9 Å². The summed E-state index contributed by atoms with van der Waals surface area (Å²) in [5.74, 6) is 7.91. The molecule has 2 unspecified atom stereocenters. The fraction of sp³-hybridized carbons (Fsp3) is 0.647. The smallest absolute Gasteiger partial charge is 0.122 e. The molecule has 2 atom stereocenters. The molecule has 120 valence electrons. The lowest BCUT2D eigenvalue weighted by molar-refractivity contribution is 0.276. The van der Waals surface area contributed by atoms with Crippen LogP contribution in [0.25, 0.3) is 0 Å². The van der Waals surface area contributed by atoms with Crippen molar-refractivity contribution in [1.82, 2.24) is 5.43 Å². The molecular weight excluding hydrogens is 264 g/mol. The third-order valence-electron chi connectivity index (χ3n) is 3.58. The molecule has 0 aliphatic heterocycles. The number of nitrogens with two attached hydrogens (primary N) is 1. The summed E-state index contributed by atoms with van der Waals surface area (Å²) in [6.45, 7) is 9.07. The van der Waals surface area contributed by atoms with Crippen molar-refractivity contribution in [1.29, 1.82) is 0 Å². The van der Waals surface area contributed by atoms with Gasteiger partial charge in [-0.25, -0.2) is 0 Å². The SMILES string of the molecule is COc1cc(OC)cc(C(CC(C)CC(C)(C)C)NN)c1. The molecule has 1 aromatic carbocycles. The lowest BCUT2D eigenvalue weighted by Gasteiger charge is -2.27. The van der Waals surface area contributed by atoms with E-state index in [1.165, 1.54) is 0 Å². The highest BCUT2D eigenvalue weighted by molar-refractivity contribution is 5.39. The third kappa shape index (κ3) is 5.94. The second-order valence-corrected chi connectivity index (χ2v) is 6.97. The van der Waals surface area contributed by atoms with Crippen LogP contribution in [0.1, 0.15) is 52.1 Å². The van der Waals surface area contributed by atoms with Gasteiger partial charge in [0.25, 0.3) is 0 Å². The summed E-state index contributed by atoms with van der Waals surface area (Å²) >= 11 is 0. The van der Waals surface area contributed by atoms with Crippen molar-refractivity contribution in [3.05, 3.63) is 23.8 Å². The topological polar surface area (TPSA) is 56.5 Å². The molecule has 0 radical (unpaired) electrons. The van der Waals surface area contributed by atoms with Gasteiger partial charge in [0.2, 0.25) is 0 Å². The highest BCUT2D eigenvalue weighted by atomic mass is 16.5. The maximum absolute atomic E-state index is 5.77. The molecule has 0 heterocycles. The van der Waals surface area contributed by atoms with E-state index in [0.29, 0.717) is 11.3 Å². The monoisotopic (exact) mass is 294 g/mol. The Labute approximate surface area is 129 Å². The van der Waals surface area contributed by atoms with Crippen molar-refractivity contribution in [2.45, 2.75) is 46.6 Å². The summed E-state index contributed by atoms with van der Waals surface area (Å²) in [6, 6.07) is 5.98. The molecule has 4 nitrogen and oxygen atoms in total. The number of hydrazine groups is 1. The highest BCUT2D eigenvalue weighted by Crippen LogP contribution is 2.33. The van der Waals surface area contributed by atoms with Gasteiger partial charge in [0, 0.05) is 12.1 Å². The van der Waals surface area contributed by atoms with Crippen molar-refractivity contribution >= 4 is 0 Å². The molecule has 0 aliphatic carbocycles. The summed E-state index contributed by atoms with van der Waals surface area (Å²) in [7, 11) is 3.32. The maximum atomic E-state index is 5.77. The molecule has 0 aliphatic rings. The zero-order valence-electron chi connectivity index (χ0n) is 14.2. The highest BCUT2D eigenvalue weighted by Gasteiger charge is 2.20. The molecule has 1 aromatic rings. The van der Waals surface area contributed by atoms with Crippen LogP contribution in [0.3, 0.4) is 0 Å². The molecule has 0 fully saturated rings. The van der Waals surface area contributed by atoms with E-state index in [1.54, 1.807) is 14.2 Å². The van der Waals surface area contributed by atoms with E-state index in [0.717, 1.165) is 29.9 Å². The summed E-state index contributed by atoms with van der Waals surface area (Å²) in [5.41, 5.74) is 4.34. The number of ether oxygens (including phenoxy) is 2. The van der Waals surface area contributed by atoms with E-state index in [1.807, 2.05) is 18.2 Å². The van der Waals surface area contributed by atoms with Crippen LogP contribution in [0.15, 0.2) is 18.2 Å². The Morgan fingerprint density at radius 1 is 1.10 bits per heavy atom. The molecule has 0 amide bonds. The average molecular weight is 294 g/mol. The van der Waals surface area contributed by atoms with Gasteiger partial charge in [-0.15, -0.1) is 0 Å². The summed E-state index contributed by atoms with van der Waals surface area (Å²) in [6.07, 6.45) is 2.14. The van der Waals surface area contributed by atoms with Crippen LogP contribution in [0, 0.1) is 11.3 Å². The molecule has 3 N–H and O–H groups in total. The second kappa shape index (κ2) is 7.66. The predicted molar refractivity (Wildman–Crippen MR) is 87.5 cm³/mol. The summed E-state index contributed by atoms with van der Waals surface area (Å²) < 4.78 is 10.7. The fourth-order valence-corrected chi connectivity index (χ4v) is 2.86. The molecule has 0 aromatic heterocycles. The molecule has 21 heavy (non-hydrogen) atoms. The van der Waals surface area contributed by atoms with Crippen LogP contribution in [-0.4, -0.2) is 14.2 Å². The van der Waals surface area contributed by atoms with Crippen LogP contribution in [-0.2, 0) is 0 Å². The van der Waals surface area contributed by atoms with E-state index in [2.05, 4.69) is 33.1 Å². The first-order valence-corrected chi connectivity index (χ1v) is 7.48. The first-order valence-electron chi connectivity index (χ1n) is 7.48. The summed E-state index contributed by atoms with van der Waals surface area (Å²) in [4.78, 5) is 0. The molecule has 0 saturated carbocycles. The van der Waals surface area contributed by atoms with Crippen LogP contribution < -0.4 is 20.7 Å². The number of benzene rings is 1. The first kappa shape index (κ1) is 17.8. The van der Waals surface area contributed by atoms with Gasteiger partial charge in [0.05, 0.1) is 14.2 Å². The zero-order valence-corrected chi connectivity index (χ0v) is 14.2. The normalized spacial score (nSPS) is 14.6. The lowest BCUT2D eigenvalue weighted by atomic mass is 9.82. The fourth-order valence-electron chi connectivity index (χ4n) is 2.86. The number of hydrogen-bond acceptors (Lipinski definition) is 4. The standard InChI is InChI=1S/C17H30N2O2/c1-12(11-17(2,3)4)7-16(19-18)13-8-14(20-5)10-15(9-13)21-6/h8-10,12,16,19H,7,11,18H2,1-6H3. The van der Waals surface area contributed by atoms with Gasteiger partial charge in [-0.1, -0.05) is 27.7 Å². The number of hydrogen-bond donors (Lipinski definition) is 2. The third-order valence-corrected chi connectivity index (χ3v) is 3.58. The van der Waals surface area contributed by atoms with Crippen molar-refractivity contribution in [2.75, 3.05) is 14.2 Å². The molecule has 0 saturated heterocycles. The van der Waals surface area contributed by atoms with Crippen molar-refractivity contribution in [2.24, 2.45) is 17.2 Å². The Hall–Kier alpha value is -1.26. The number of methoxy groups -OCH3 is 2. The number of rotatable bonds is 7. The van der Waals surface area contributed by atoms with Crippen molar-refractivity contribution in [3.8, 4) is 11.5 Å². The van der Waals surface area contributed by atoms with E-state index >= 15 is 0 Å².